The maximum Gasteiger partial charge on any atom is 0.328 e. The van der Waals surface area contributed by atoms with E-state index in [4.69, 9.17) is 4.42 Å². The predicted molar refractivity (Wildman–Crippen MR) is 92.4 cm³/mol. The number of nitrogens with zero attached hydrogens (tertiary/aromatic N) is 3. The lowest BCUT2D eigenvalue weighted by atomic mass is 10.1. The van der Waals surface area contributed by atoms with Crippen molar-refractivity contribution >= 4 is 5.91 Å². The molecule has 0 radical (unpaired) electrons. The highest BCUT2D eigenvalue weighted by Crippen LogP contribution is 2.26. The van der Waals surface area contributed by atoms with E-state index < -0.39 is 11.2 Å². The Hall–Kier alpha value is -3.42. The third kappa shape index (κ3) is 3.08. The fraction of sp³-hybridized carbons (Fsp3) is 0.222. The van der Waals surface area contributed by atoms with E-state index in [1.165, 1.54) is 16.8 Å². The minimum atomic E-state index is -0.601. The molecule has 132 valence electrons. The van der Waals surface area contributed by atoms with Gasteiger partial charge in [-0.1, -0.05) is 18.2 Å². The molecule has 1 aliphatic rings. The molecule has 1 aromatic carbocycles. The first-order chi connectivity index (χ1) is 12.6. The van der Waals surface area contributed by atoms with Crippen LogP contribution < -0.4 is 11.2 Å². The average Bonchev–Trinajstić information content (AvgIpc) is 3.08. The standard InChI is InChI=1S/C18H16N4O4/c23-15-7-9-22(18(25)20-15)11-16(24)21-8-6-14-13(10-21)19-17(26-14)12-4-2-1-3-5-12/h1-5,7,9H,6,8,10-11H2,(H,20,23,25). The molecule has 26 heavy (non-hydrogen) atoms. The number of amides is 1. The molecule has 0 spiro atoms. The summed E-state index contributed by atoms with van der Waals surface area (Å²) in [5.74, 6) is 1.12. The van der Waals surface area contributed by atoms with E-state index in [1.54, 1.807) is 4.90 Å². The number of rotatable bonds is 3. The van der Waals surface area contributed by atoms with Gasteiger partial charge in [-0.2, -0.15) is 0 Å². The van der Waals surface area contributed by atoms with Crippen LogP contribution in [0.25, 0.3) is 11.5 Å². The van der Waals surface area contributed by atoms with Crippen molar-refractivity contribution in [1.82, 2.24) is 19.4 Å². The smallest absolute Gasteiger partial charge is 0.328 e. The van der Waals surface area contributed by atoms with Gasteiger partial charge in [0.1, 0.15) is 18.0 Å². The van der Waals surface area contributed by atoms with Crippen molar-refractivity contribution in [2.75, 3.05) is 6.54 Å². The Kier molecular flexibility index (Phi) is 4.00. The maximum absolute atomic E-state index is 12.5. The lowest BCUT2D eigenvalue weighted by molar-refractivity contribution is -0.133. The third-order valence-electron chi connectivity index (χ3n) is 4.30. The molecular formula is C18H16N4O4. The van der Waals surface area contributed by atoms with Gasteiger partial charge in [0.05, 0.1) is 6.54 Å². The first kappa shape index (κ1) is 16.1. The van der Waals surface area contributed by atoms with Crippen LogP contribution in [0.4, 0.5) is 0 Å². The number of aromatic nitrogens is 3. The van der Waals surface area contributed by atoms with Crippen LogP contribution in [0.3, 0.4) is 0 Å². The molecule has 3 heterocycles. The summed E-state index contributed by atoms with van der Waals surface area (Å²) in [6.45, 7) is 0.699. The molecule has 8 nitrogen and oxygen atoms in total. The molecule has 8 heteroatoms. The number of hydrogen-bond donors (Lipinski definition) is 1. The van der Waals surface area contributed by atoms with Crippen LogP contribution in [0.1, 0.15) is 11.5 Å². The number of hydrogen-bond acceptors (Lipinski definition) is 5. The highest BCUT2D eigenvalue weighted by molar-refractivity contribution is 5.76. The summed E-state index contributed by atoms with van der Waals surface area (Å²) in [7, 11) is 0. The van der Waals surface area contributed by atoms with Crippen molar-refractivity contribution in [3.63, 3.8) is 0 Å². The highest BCUT2D eigenvalue weighted by Gasteiger charge is 2.26. The zero-order chi connectivity index (χ0) is 18.1. The van der Waals surface area contributed by atoms with Crippen LogP contribution in [0.5, 0.6) is 0 Å². The van der Waals surface area contributed by atoms with Gasteiger partial charge in [-0.15, -0.1) is 0 Å². The zero-order valence-corrected chi connectivity index (χ0v) is 13.8. The largest absolute Gasteiger partial charge is 0.441 e. The van der Waals surface area contributed by atoms with Gasteiger partial charge in [0.25, 0.3) is 5.56 Å². The van der Waals surface area contributed by atoms with Crippen molar-refractivity contribution in [2.45, 2.75) is 19.5 Å². The number of H-pyrrole nitrogens is 1. The number of carbonyl (C=O) groups is 1. The van der Waals surface area contributed by atoms with E-state index in [0.29, 0.717) is 25.4 Å². The molecule has 1 amide bonds. The van der Waals surface area contributed by atoms with Crippen molar-refractivity contribution < 1.29 is 9.21 Å². The fourth-order valence-corrected chi connectivity index (χ4v) is 2.93. The molecular weight excluding hydrogens is 336 g/mol. The summed E-state index contributed by atoms with van der Waals surface area (Å²) in [4.78, 5) is 43.6. The number of oxazole rings is 1. The molecule has 1 N–H and O–H groups in total. The quantitative estimate of drug-likeness (QED) is 0.750. The fourth-order valence-electron chi connectivity index (χ4n) is 2.93. The van der Waals surface area contributed by atoms with Crippen LogP contribution in [-0.4, -0.2) is 31.9 Å². The first-order valence-corrected chi connectivity index (χ1v) is 8.22. The molecule has 2 aromatic heterocycles. The molecule has 3 aromatic rings. The van der Waals surface area contributed by atoms with Gasteiger partial charge in [0.2, 0.25) is 11.8 Å². The van der Waals surface area contributed by atoms with Crippen molar-refractivity contribution in [3.05, 3.63) is 74.9 Å². The molecule has 0 fully saturated rings. The number of carbonyl (C=O) groups excluding carboxylic acids is 1. The third-order valence-corrected chi connectivity index (χ3v) is 4.30. The second-order valence-electron chi connectivity index (χ2n) is 6.06. The molecule has 0 aliphatic carbocycles. The summed E-state index contributed by atoms with van der Waals surface area (Å²) < 4.78 is 7.00. The Morgan fingerprint density at radius 2 is 2.00 bits per heavy atom. The normalized spacial score (nSPS) is 13.5. The van der Waals surface area contributed by atoms with Crippen molar-refractivity contribution in [3.8, 4) is 11.5 Å². The maximum atomic E-state index is 12.5. The summed E-state index contributed by atoms with van der Waals surface area (Å²) in [5, 5.41) is 0. The summed E-state index contributed by atoms with van der Waals surface area (Å²) >= 11 is 0. The number of benzene rings is 1. The summed E-state index contributed by atoms with van der Waals surface area (Å²) in [6, 6.07) is 10.8. The average molecular weight is 352 g/mol. The van der Waals surface area contributed by atoms with Gasteiger partial charge >= 0.3 is 5.69 Å². The lowest BCUT2D eigenvalue weighted by Gasteiger charge is -2.25. The second kappa shape index (κ2) is 6.47. The number of nitrogens with one attached hydrogen (secondary N) is 1. The Morgan fingerprint density at radius 1 is 1.19 bits per heavy atom. The Balaban J connectivity index is 1.51. The predicted octanol–water partition coefficient (Wildman–Crippen LogP) is 0.776. The van der Waals surface area contributed by atoms with E-state index >= 15 is 0 Å². The SMILES string of the molecule is O=C(Cn1ccc(=O)[nH]c1=O)N1CCc2oc(-c3ccccc3)nc2C1. The van der Waals surface area contributed by atoms with Gasteiger partial charge in [0.15, 0.2) is 0 Å². The number of fused-ring (bicyclic) bond motifs is 1. The van der Waals surface area contributed by atoms with Crippen molar-refractivity contribution in [2.24, 2.45) is 0 Å². The van der Waals surface area contributed by atoms with E-state index in [-0.39, 0.29) is 12.5 Å². The topological polar surface area (TPSA) is 101 Å². The van der Waals surface area contributed by atoms with Crippen LogP contribution in [0.15, 0.2) is 56.6 Å². The zero-order valence-electron chi connectivity index (χ0n) is 13.8. The number of aromatic amines is 1. The van der Waals surface area contributed by atoms with Crippen LogP contribution in [0, 0.1) is 0 Å². The van der Waals surface area contributed by atoms with Gasteiger partial charge < -0.3 is 9.32 Å². The van der Waals surface area contributed by atoms with E-state index in [1.807, 2.05) is 30.3 Å². The van der Waals surface area contributed by atoms with E-state index in [9.17, 15) is 14.4 Å². The summed E-state index contributed by atoms with van der Waals surface area (Å²) in [6.07, 6.45) is 1.89. The van der Waals surface area contributed by atoms with Gasteiger partial charge in [-0.3, -0.25) is 19.1 Å². The minimum Gasteiger partial charge on any atom is -0.441 e. The highest BCUT2D eigenvalue weighted by atomic mass is 16.4. The minimum absolute atomic E-state index is 0.131. The lowest BCUT2D eigenvalue weighted by Crippen LogP contribution is -2.40. The molecule has 0 saturated carbocycles. The van der Waals surface area contributed by atoms with Crippen molar-refractivity contribution in [1.29, 1.82) is 0 Å². The molecule has 0 unspecified atom stereocenters. The molecule has 0 saturated heterocycles. The molecule has 1 aliphatic heterocycles. The Bertz CT molecular complexity index is 1060. The van der Waals surface area contributed by atoms with Gasteiger partial charge in [0, 0.05) is 30.8 Å². The van der Waals surface area contributed by atoms with Gasteiger partial charge in [-0.05, 0) is 12.1 Å². The second-order valence-corrected chi connectivity index (χ2v) is 6.06. The molecule has 0 bridgehead atoms. The molecule has 0 atom stereocenters. The first-order valence-electron chi connectivity index (χ1n) is 8.22. The van der Waals surface area contributed by atoms with Crippen LogP contribution in [-0.2, 0) is 24.3 Å². The van der Waals surface area contributed by atoms with Crippen LogP contribution >= 0.6 is 0 Å². The Morgan fingerprint density at radius 3 is 2.77 bits per heavy atom. The monoisotopic (exact) mass is 352 g/mol. The molecule has 4 rings (SSSR count). The van der Waals surface area contributed by atoms with E-state index in [2.05, 4.69) is 9.97 Å². The van der Waals surface area contributed by atoms with Crippen LogP contribution in [0.2, 0.25) is 0 Å². The summed E-state index contributed by atoms with van der Waals surface area (Å²) in [5.41, 5.74) is 0.533. The van der Waals surface area contributed by atoms with E-state index in [0.717, 1.165) is 17.0 Å². The Labute approximate surface area is 147 Å². The van der Waals surface area contributed by atoms with Gasteiger partial charge in [-0.25, -0.2) is 9.78 Å².